The van der Waals surface area contributed by atoms with E-state index in [0.717, 1.165) is 25.9 Å². The van der Waals surface area contributed by atoms with Crippen molar-refractivity contribution in [2.24, 2.45) is 0 Å². The van der Waals surface area contributed by atoms with Crippen LogP contribution in [-0.2, 0) is 13.1 Å². The zero-order valence-corrected chi connectivity index (χ0v) is 7.79. The summed E-state index contributed by atoms with van der Waals surface area (Å²) in [5.74, 6) is 0. The predicted octanol–water partition coefficient (Wildman–Crippen LogP) is 1.47. The second-order valence-corrected chi connectivity index (χ2v) is 2.91. The molecule has 0 fully saturated rings. The molecule has 3 nitrogen and oxygen atoms in total. The van der Waals surface area contributed by atoms with Crippen molar-refractivity contribution in [1.29, 1.82) is 0 Å². The minimum absolute atomic E-state index is 0.117. The first-order valence-corrected chi connectivity index (χ1v) is 4.55. The van der Waals surface area contributed by atoms with Crippen molar-refractivity contribution in [2.75, 3.05) is 0 Å². The zero-order valence-electron chi connectivity index (χ0n) is 7.79. The molecule has 0 aliphatic rings. The van der Waals surface area contributed by atoms with Gasteiger partial charge in [-0.1, -0.05) is 13.3 Å². The number of rotatable bonds is 4. The molecule has 0 N–H and O–H groups in total. The van der Waals surface area contributed by atoms with Crippen LogP contribution in [0.1, 0.15) is 26.7 Å². The third kappa shape index (κ3) is 1.78. The summed E-state index contributed by atoms with van der Waals surface area (Å²) in [5.41, 5.74) is 0.117. The molecule has 0 saturated carbocycles. The Morgan fingerprint density at radius 3 is 2.42 bits per heavy atom. The van der Waals surface area contributed by atoms with Gasteiger partial charge in [-0.3, -0.25) is 9.13 Å². The lowest BCUT2D eigenvalue weighted by molar-refractivity contribution is 0.590. The van der Waals surface area contributed by atoms with Gasteiger partial charge in [-0.2, -0.15) is 0 Å². The van der Waals surface area contributed by atoms with Crippen LogP contribution in [0.25, 0.3) is 0 Å². The quantitative estimate of drug-likeness (QED) is 0.668. The highest BCUT2D eigenvalue weighted by atomic mass is 16.1. The smallest absolute Gasteiger partial charge is 0.300 e. The number of aromatic nitrogens is 2. The third-order valence-corrected chi connectivity index (χ3v) is 2.01. The van der Waals surface area contributed by atoms with Crippen LogP contribution >= 0.6 is 0 Å². The fourth-order valence-electron chi connectivity index (χ4n) is 1.19. The van der Waals surface area contributed by atoms with E-state index < -0.39 is 0 Å². The second-order valence-electron chi connectivity index (χ2n) is 2.91. The van der Waals surface area contributed by atoms with Crippen molar-refractivity contribution >= 4 is 0 Å². The fourth-order valence-corrected chi connectivity index (χ4v) is 1.19. The Bertz CT molecular complexity index is 285. The van der Waals surface area contributed by atoms with Gasteiger partial charge < -0.3 is 0 Å². The molecule has 0 aliphatic carbocycles. The normalized spacial score (nSPS) is 10.5. The Morgan fingerprint density at radius 2 is 1.92 bits per heavy atom. The van der Waals surface area contributed by atoms with Gasteiger partial charge in [0.2, 0.25) is 0 Å². The lowest BCUT2D eigenvalue weighted by atomic mass is 10.3. The van der Waals surface area contributed by atoms with Crippen LogP contribution < -0.4 is 5.69 Å². The molecule has 3 heteroatoms. The van der Waals surface area contributed by atoms with E-state index in [2.05, 4.69) is 6.92 Å². The van der Waals surface area contributed by atoms with Crippen molar-refractivity contribution in [2.45, 2.75) is 39.8 Å². The summed E-state index contributed by atoms with van der Waals surface area (Å²) in [4.78, 5) is 11.4. The molecule has 1 aromatic heterocycles. The molecule has 68 valence electrons. The van der Waals surface area contributed by atoms with Gasteiger partial charge >= 0.3 is 5.69 Å². The van der Waals surface area contributed by atoms with Gasteiger partial charge in [-0.25, -0.2) is 4.79 Å². The lowest BCUT2D eigenvalue weighted by Crippen LogP contribution is -2.23. The number of hydrogen-bond donors (Lipinski definition) is 0. The minimum atomic E-state index is 0.117. The molecule has 0 radical (unpaired) electrons. The van der Waals surface area contributed by atoms with E-state index in [9.17, 15) is 4.79 Å². The molecule has 12 heavy (non-hydrogen) atoms. The van der Waals surface area contributed by atoms with E-state index in [1.807, 2.05) is 19.3 Å². The maximum atomic E-state index is 11.4. The molecule has 0 saturated heterocycles. The fraction of sp³-hybridized carbons (Fsp3) is 0.667. The van der Waals surface area contributed by atoms with Crippen molar-refractivity contribution in [3.8, 4) is 0 Å². The summed E-state index contributed by atoms with van der Waals surface area (Å²) in [6, 6.07) is 0. The Balaban J connectivity index is 2.73. The molecular weight excluding hydrogens is 152 g/mol. The van der Waals surface area contributed by atoms with E-state index in [1.165, 1.54) is 0 Å². The van der Waals surface area contributed by atoms with Crippen LogP contribution in [0.2, 0.25) is 0 Å². The average molecular weight is 168 g/mol. The highest BCUT2D eigenvalue weighted by Gasteiger charge is 1.99. The molecule has 0 spiro atoms. The third-order valence-electron chi connectivity index (χ3n) is 2.01. The standard InChI is InChI=1S/C9H16N2O/c1-3-5-6-11-8-7-10(4-2)9(11)12/h7-8H,3-6H2,1-2H3. The molecule has 0 atom stereocenters. The molecule has 0 aromatic carbocycles. The van der Waals surface area contributed by atoms with Gasteiger partial charge in [0.15, 0.2) is 0 Å². The number of imidazole rings is 1. The average Bonchev–Trinajstić information content (AvgIpc) is 2.43. The summed E-state index contributed by atoms with van der Waals surface area (Å²) < 4.78 is 3.49. The van der Waals surface area contributed by atoms with Crippen molar-refractivity contribution in [1.82, 2.24) is 9.13 Å². The van der Waals surface area contributed by atoms with Crippen LogP contribution in [0.3, 0.4) is 0 Å². The summed E-state index contributed by atoms with van der Waals surface area (Å²) in [5, 5.41) is 0. The molecular formula is C9H16N2O. The van der Waals surface area contributed by atoms with Gasteiger partial charge in [0.1, 0.15) is 0 Å². The highest BCUT2D eigenvalue weighted by molar-refractivity contribution is 4.80. The van der Waals surface area contributed by atoms with Gasteiger partial charge in [0, 0.05) is 25.5 Å². The van der Waals surface area contributed by atoms with E-state index >= 15 is 0 Å². The molecule has 1 rings (SSSR count). The molecule has 1 heterocycles. The van der Waals surface area contributed by atoms with E-state index in [0.29, 0.717) is 0 Å². The molecule has 0 amide bonds. The molecule has 0 unspecified atom stereocenters. The molecule has 0 aliphatic heterocycles. The minimum Gasteiger partial charge on any atom is -0.300 e. The number of unbranched alkanes of at least 4 members (excludes halogenated alkanes) is 1. The summed E-state index contributed by atoms with van der Waals surface area (Å²) in [7, 11) is 0. The van der Waals surface area contributed by atoms with Crippen LogP contribution in [-0.4, -0.2) is 9.13 Å². The van der Waals surface area contributed by atoms with Crippen molar-refractivity contribution in [3.63, 3.8) is 0 Å². The number of hydrogen-bond acceptors (Lipinski definition) is 1. The van der Waals surface area contributed by atoms with Gasteiger partial charge in [-0.15, -0.1) is 0 Å². The maximum Gasteiger partial charge on any atom is 0.328 e. The largest absolute Gasteiger partial charge is 0.328 e. The van der Waals surface area contributed by atoms with Crippen LogP contribution in [0.5, 0.6) is 0 Å². The van der Waals surface area contributed by atoms with Crippen molar-refractivity contribution < 1.29 is 0 Å². The predicted molar refractivity (Wildman–Crippen MR) is 49.3 cm³/mol. The SMILES string of the molecule is CCCCn1ccn(CC)c1=O. The Labute approximate surface area is 72.6 Å². The Hall–Kier alpha value is -0.990. The first-order chi connectivity index (χ1) is 5.79. The second kappa shape index (κ2) is 4.14. The lowest BCUT2D eigenvalue weighted by Gasteiger charge is -1.98. The summed E-state index contributed by atoms with van der Waals surface area (Å²) >= 11 is 0. The Kier molecular flexibility index (Phi) is 3.14. The molecule has 1 aromatic rings. The number of aryl methyl sites for hydroxylation is 2. The first-order valence-electron chi connectivity index (χ1n) is 4.55. The van der Waals surface area contributed by atoms with Crippen LogP contribution in [0.4, 0.5) is 0 Å². The van der Waals surface area contributed by atoms with Gasteiger partial charge in [0.05, 0.1) is 0 Å². The summed E-state index contributed by atoms with van der Waals surface area (Å²) in [6.45, 7) is 5.72. The van der Waals surface area contributed by atoms with E-state index in [4.69, 9.17) is 0 Å². The van der Waals surface area contributed by atoms with E-state index in [-0.39, 0.29) is 5.69 Å². The monoisotopic (exact) mass is 168 g/mol. The van der Waals surface area contributed by atoms with E-state index in [1.54, 1.807) is 9.13 Å². The van der Waals surface area contributed by atoms with Crippen molar-refractivity contribution in [3.05, 3.63) is 22.9 Å². The van der Waals surface area contributed by atoms with Gasteiger partial charge in [0.25, 0.3) is 0 Å². The zero-order chi connectivity index (χ0) is 8.97. The maximum absolute atomic E-state index is 11.4. The number of nitrogens with zero attached hydrogens (tertiary/aromatic N) is 2. The Morgan fingerprint density at radius 1 is 1.25 bits per heavy atom. The van der Waals surface area contributed by atoms with Crippen LogP contribution in [0.15, 0.2) is 17.2 Å². The highest BCUT2D eigenvalue weighted by Crippen LogP contribution is 1.91. The van der Waals surface area contributed by atoms with Gasteiger partial charge in [-0.05, 0) is 13.3 Å². The molecule has 0 bridgehead atoms. The van der Waals surface area contributed by atoms with Crippen LogP contribution in [0, 0.1) is 0 Å². The first kappa shape index (κ1) is 9.10. The topological polar surface area (TPSA) is 26.9 Å². The summed E-state index contributed by atoms with van der Waals surface area (Å²) in [6.07, 6.45) is 5.91.